The van der Waals surface area contributed by atoms with Crippen LogP contribution in [0.3, 0.4) is 0 Å². The Kier molecular flexibility index (Phi) is 5.00. The van der Waals surface area contributed by atoms with Crippen molar-refractivity contribution in [1.29, 1.82) is 0 Å². The van der Waals surface area contributed by atoms with Crippen LogP contribution in [0.2, 0.25) is 0 Å². The van der Waals surface area contributed by atoms with E-state index in [1.807, 2.05) is 86.1 Å². The van der Waals surface area contributed by atoms with E-state index in [1.54, 1.807) is 12.3 Å². The lowest BCUT2D eigenvalue weighted by Crippen LogP contribution is -2.07. The van der Waals surface area contributed by atoms with Crippen molar-refractivity contribution in [3.8, 4) is 17.2 Å². The van der Waals surface area contributed by atoms with Gasteiger partial charge in [-0.15, -0.1) is 0 Å². The minimum Gasteiger partial charge on any atom is -0.485 e. The number of carboxylic acids is 1. The van der Waals surface area contributed by atoms with Crippen LogP contribution < -0.4 is 4.74 Å². The Morgan fingerprint density at radius 3 is 2.72 bits per heavy atom. The van der Waals surface area contributed by atoms with Crippen molar-refractivity contribution in [3.63, 3.8) is 0 Å². The van der Waals surface area contributed by atoms with Crippen LogP contribution in [-0.4, -0.2) is 25.4 Å². The molecule has 0 amide bonds. The number of hydrogen-bond acceptors (Lipinski definition) is 5. The van der Waals surface area contributed by atoms with Gasteiger partial charge in [0, 0.05) is 29.5 Å². The van der Waals surface area contributed by atoms with Gasteiger partial charge in [-0.05, 0) is 62.2 Å². The monoisotopic (exact) mass is 477 g/mol. The molecule has 0 saturated heterocycles. The molecule has 1 N–H and O–H groups in total. The Hall–Kier alpha value is -4.65. The summed E-state index contributed by atoms with van der Waals surface area (Å²) in [6.45, 7) is 5.80. The van der Waals surface area contributed by atoms with Gasteiger partial charge in [-0.25, -0.2) is 14.8 Å². The van der Waals surface area contributed by atoms with Crippen LogP contribution in [0.25, 0.3) is 39.0 Å². The summed E-state index contributed by atoms with van der Waals surface area (Å²) < 4.78 is 14.4. The molecular weight excluding hydrogens is 454 g/mol. The van der Waals surface area contributed by atoms with Crippen molar-refractivity contribution in [1.82, 2.24) is 14.4 Å². The maximum absolute atomic E-state index is 12.5. The average molecular weight is 478 g/mol. The van der Waals surface area contributed by atoms with Crippen molar-refractivity contribution < 1.29 is 19.1 Å². The summed E-state index contributed by atoms with van der Waals surface area (Å²) in [7, 11) is 0. The SMILES string of the molecule is Cc1c(-c2cc(C(=O)O)c3c(O[C@H](C)c4ccn5ccnc5c4)ccc(C)c3n2)oc2ccccc12. The highest BCUT2D eigenvalue weighted by molar-refractivity contribution is 6.07. The second kappa shape index (κ2) is 8.23. The number of imidazole rings is 1. The largest absolute Gasteiger partial charge is 0.485 e. The highest BCUT2D eigenvalue weighted by Crippen LogP contribution is 2.38. The average Bonchev–Trinajstić information content (AvgIpc) is 3.49. The third-order valence-corrected chi connectivity index (χ3v) is 6.63. The molecule has 0 fully saturated rings. The fourth-order valence-electron chi connectivity index (χ4n) is 4.68. The number of aromatic nitrogens is 3. The Balaban J connectivity index is 1.49. The van der Waals surface area contributed by atoms with Crippen LogP contribution >= 0.6 is 0 Å². The molecule has 0 unspecified atom stereocenters. The second-order valence-electron chi connectivity index (χ2n) is 8.93. The maximum Gasteiger partial charge on any atom is 0.336 e. The fraction of sp³-hybridized carbons (Fsp3) is 0.138. The predicted octanol–water partition coefficient (Wildman–Crippen LogP) is 6.75. The molecule has 178 valence electrons. The number of aryl methyl sites for hydroxylation is 2. The number of benzene rings is 2. The van der Waals surface area contributed by atoms with E-state index in [9.17, 15) is 9.90 Å². The van der Waals surface area contributed by atoms with Crippen LogP contribution in [0.1, 0.15) is 40.1 Å². The lowest BCUT2D eigenvalue weighted by atomic mass is 10.0. The molecule has 6 rings (SSSR count). The number of pyridine rings is 2. The molecular formula is C29H23N3O4. The number of ether oxygens (including phenoxy) is 1. The van der Waals surface area contributed by atoms with Crippen molar-refractivity contribution in [3.05, 3.63) is 95.4 Å². The second-order valence-corrected chi connectivity index (χ2v) is 8.93. The van der Waals surface area contributed by atoms with Crippen molar-refractivity contribution in [2.24, 2.45) is 0 Å². The number of carboxylic acid groups (broad SMARTS) is 1. The zero-order valence-corrected chi connectivity index (χ0v) is 20.0. The molecule has 4 heterocycles. The van der Waals surface area contributed by atoms with Gasteiger partial charge in [-0.1, -0.05) is 24.3 Å². The molecule has 1 atom stereocenters. The van der Waals surface area contributed by atoms with E-state index in [-0.39, 0.29) is 11.7 Å². The van der Waals surface area contributed by atoms with E-state index in [4.69, 9.17) is 14.1 Å². The van der Waals surface area contributed by atoms with Crippen LogP contribution in [0.5, 0.6) is 5.75 Å². The quantitative estimate of drug-likeness (QED) is 0.295. The molecule has 0 aliphatic rings. The number of nitrogens with zero attached hydrogens (tertiary/aromatic N) is 3. The normalized spacial score (nSPS) is 12.4. The number of rotatable bonds is 5. The van der Waals surface area contributed by atoms with Crippen LogP contribution in [0.15, 0.2) is 77.6 Å². The van der Waals surface area contributed by atoms with Gasteiger partial charge in [0.2, 0.25) is 0 Å². The zero-order valence-electron chi connectivity index (χ0n) is 20.0. The summed E-state index contributed by atoms with van der Waals surface area (Å²) in [6.07, 6.45) is 5.21. The van der Waals surface area contributed by atoms with E-state index in [0.717, 1.165) is 33.3 Å². The molecule has 0 radical (unpaired) electrons. The minimum absolute atomic E-state index is 0.115. The Morgan fingerprint density at radius 2 is 1.92 bits per heavy atom. The van der Waals surface area contributed by atoms with E-state index in [2.05, 4.69) is 4.98 Å². The van der Waals surface area contributed by atoms with E-state index in [0.29, 0.717) is 28.1 Å². The lowest BCUT2D eigenvalue weighted by Gasteiger charge is -2.19. The van der Waals surface area contributed by atoms with Crippen molar-refractivity contribution in [2.75, 3.05) is 0 Å². The smallest absolute Gasteiger partial charge is 0.336 e. The highest BCUT2D eigenvalue weighted by atomic mass is 16.5. The molecule has 7 heteroatoms. The van der Waals surface area contributed by atoms with Gasteiger partial charge in [0.1, 0.15) is 28.8 Å². The van der Waals surface area contributed by atoms with Gasteiger partial charge in [-0.2, -0.15) is 0 Å². The number of furan rings is 1. The first-order chi connectivity index (χ1) is 17.4. The van der Waals surface area contributed by atoms with Gasteiger partial charge in [0.25, 0.3) is 0 Å². The van der Waals surface area contributed by atoms with Crippen molar-refractivity contribution in [2.45, 2.75) is 26.9 Å². The summed E-state index contributed by atoms with van der Waals surface area (Å²) in [5.41, 5.74) is 5.41. The molecule has 0 bridgehead atoms. The van der Waals surface area contributed by atoms with Gasteiger partial charge in [0.15, 0.2) is 5.76 Å². The standard InChI is InChI=1S/C29H23N3O4/c1-16-8-9-24(35-18(3)19-10-12-32-13-11-30-25(32)14-19)26-21(29(33)34)15-22(31-27(16)26)28-17(2)20-6-4-5-7-23(20)36-28/h4-15,18H,1-3H3,(H,33,34)/t18-/m1/s1. The van der Waals surface area contributed by atoms with Crippen LogP contribution in [0.4, 0.5) is 0 Å². The summed E-state index contributed by atoms with van der Waals surface area (Å²) in [4.78, 5) is 21.7. The van der Waals surface area contributed by atoms with E-state index < -0.39 is 5.97 Å². The zero-order chi connectivity index (χ0) is 25.0. The van der Waals surface area contributed by atoms with E-state index >= 15 is 0 Å². The number of carbonyl (C=O) groups is 1. The molecule has 0 aliphatic carbocycles. The van der Waals surface area contributed by atoms with Crippen LogP contribution in [0, 0.1) is 13.8 Å². The molecule has 36 heavy (non-hydrogen) atoms. The third-order valence-electron chi connectivity index (χ3n) is 6.63. The van der Waals surface area contributed by atoms with Gasteiger partial charge >= 0.3 is 5.97 Å². The number of para-hydroxylation sites is 1. The molecule has 0 aliphatic heterocycles. The summed E-state index contributed by atoms with van der Waals surface area (Å²) in [6, 6.07) is 16.9. The number of aromatic carboxylic acids is 1. The Labute approximate surface area is 206 Å². The first-order valence-corrected chi connectivity index (χ1v) is 11.7. The fourth-order valence-corrected chi connectivity index (χ4v) is 4.68. The summed E-state index contributed by atoms with van der Waals surface area (Å²) in [5.74, 6) is -0.0314. The molecule has 0 spiro atoms. The van der Waals surface area contributed by atoms with Crippen LogP contribution in [-0.2, 0) is 0 Å². The topological polar surface area (TPSA) is 89.9 Å². The Morgan fingerprint density at radius 1 is 1.08 bits per heavy atom. The maximum atomic E-state index is 12.5. The minimum atomic E-state index is -1.06. The highest BCUT2D eigenvalue weighted by Gasteiger charge is 2.22. The molecule has 2 aromatic carbocycles. The Bertz CT molecular complexity index is 1800. The summed E-state index contributed by atoms with van der Waals surface area (Å²) in [5, 5.41) is 11.6. The molecule has 6 aromatic rings. The third kappa shape index (κ3) is 3.48. The number of fused-ring (bicyclic) bond motifs is 3. The van der Waals surface area contributed by atoms with E-state index in [1.165, 1.54) is 0 Å². The first-order valence-electron chi connectivity index (χ1n) is 11.7. The van der Waals surface area contributed by atoms with Gasteiger partial charge in [0.05, 0.1) is 16.5 Å². The van der Waals surface area contributed by atoms with Gasteiger partial charge < -0.3 is 18.7 Å². The summed E-state index contributed by atoms with van der Waals surface area (Å²) >= 11 is 0. The van der Waals surface area contributed by atoms with Gasteiger partial charge in [-0.3, -0.25) is 0 Å². The molecule has 0 saturated carbocycles. The predicted molar refractivity (Wildman–Crippen MR) is 138 cm³/mol. The lowest BCUT2D eigenvalue weighted by molar-refractivity contribution is 0.0698. The number of hydrogen-bond donors (Lipinski definition) is 1. The first kappa shape index (κ1) is 21.9. The molecule has 4 aromatic heterocycles. The molecule has 7 nitrogen and oxygen atoms in total. The van der Waals surface area contributed by atoms with Crippen molar-refractivity contribution >= 4 is 33.5 Å².